The van der Waals surface area contributed by atoms with E-state index in [2.05, 4.69) is 11.9 Å². The van der Waals surface area contributed by atoms with Crippen molar-refractivity contribution in [2.75, 3.05) is 12.3 Å². The topological polar surface area (TPSA) is 75.3 Å². The summed E-state index contributed by atoms with van der Waals surface area (Å²) < 4.78 is 0. The fourth-order valence-corrected chi connectivity index (χ4v) is 1.27. The van der Waals surface area contributed by atoms with Crippen LogP contribution < -0.4 is 28.0 Å². The van der Waals surface area contributed by atoms with Crippen molar-refractivity contribution in [3.8, 4) is 0 Å². The summed E-state index contributed by atoms with van der Waals surface area (Å²) in [5, 5.41) is 12.0. The van der Waals surface area contributed by atoms with E-state index in [4.69, 9.17) is 10.8 Å². The third kappa shape index (κ3) is 9.74. The van der Waals surface area contributed by atoms with Crippen molar-refractivity contribution in [2.45, 2.75) is 6.92 Å². The minimum atomic E-state index is -0.900. The zero-order valence-electron chi connectivity index (χ0n) is 8.50. The van der Waals surface area contributed by atoms with E-state index in [9.17, 15) is 4.79 Å². The monoisotopic (exact) mass is 294 g/mol. The summed E-state index contributed by atoms with van der Waals surface area (Å²) in [6.07, 6.45) is 3.32. The highest BCUT2D eigenvalue weighted by Crippen LogP contribution is 1.90. The smallest absolute Gasteiger partial charge is 0.331 e. The van der Waals surface area contributed by atoms with Gasteiger partial charge in [-0.1, -0.05) is 6.08 Å². The molecule has 0 aliphatic heterocycles. The number of rotatable bonds is 5. The molecule has 0 heterocycles. The van der Waals surface area contributed by atoms with Crippen LogP contribution in [0.3, 0.4) is 0 Å². The van der Waals surface area contributed by atoms with Gasteiger partial charge < -0.3 is 22.1 Å². The maximum absolute atomic E-state index is 10.4. The van der Waals surface area contributed by atoms with E-state index in [0.717, 1.165) is 0 Å². The highest BCUT2D eigenvalue weighted by Gasteiger charge is 2.03. The van der Waals surface area contributed by atoms with E-state index in [1.165, 1.54) is 11.4 Å². The second kappa shape index (κ2) is 9.97. The Labute approximate surface area is 104 Å². The molecule has 0 atom stereocenters. The highest BCUT2D eigenvalue weighted by atomic mass is 79.9. The molecule has 0 spiro atoms. The summed E-state index contributed by atoms with van der Waals surface area (Å²) in [5.41, 5.74) is 5.89. The van der Waals surface area contributed by atoms with Gasteiger partial charge in [0.2, 0.25) is 11.4 Å². The normalized spacial score (nSPS) is 11.9. The minimum absolute atomic E-state index is 0. The second-order valence-electron chi connectivity index (χ2n) is 2.54. The molecule has 0 fully saturated rings. The van der Waals surface area contributed by atoms with E-state index in [-0.39, 0.29) is 17.0 Å². The van der Waals surface area contributed by atoms with E-state index in [1.807, 2.05) is 0 Å². The summed E-state index contributed by atoms with van der Waals surface area (Å²) in [6, 6.07) is 0. The molecule has 86 valence electrons. The maximum atomic E-state index is 10.4. The lowest BCUT2D eigenvalue weighted by molar-refractivity contribution is -0.132. The fourth-order valence-electron chi connectivity index (χ4n) is 0.568. The number of carboxylic acid groups (broad SMARTS) is 1. The lowest BCUT2D eigenvalue weighted by Crippen LogP contribution is -3.00. The zero-order valence-corrected chi connectivity index (χ0v) is 10.9. The Kier molecular flexibility index (Phi) is 11.2. The van der Waals surface area contributed by atoms with Crippen LogP contribution in [0.2, 0.25) is 0 Å². The number of nitrogens with two attached hydrogens (primary N) is 1. The summed E-state index contributed by atoms with van der Waals surface area (Å²) in [6.45, 7) is 5.70. The summed E-state index contributed by atoms with van der Waals surface area (Å²) in [7, 11) is 0. The number of carboxylic acids is 1. The Morgan fingerprint density at radius 1 is 1.67 bits per heavy atom. The molecule has 4 nitrogen and oxygen atoms in total. The van der Waals surface area contributed by atoms with Crippen molar-refractivity contribution in [1.82, 2.24) is 5.32 Å². The van der Waals surface area contributed by atoms with E-state index < -0.39 is 5.97 Å². The number of hydrogen-bond donors (Lipinski definition) is 3. The molecule has 0 aromatic rings. The third-order valence-corrected chi connectivity index (χ3v) is 2.18. The Balaban J connectivity index is 0. The van der Waals surface area contributed by atoms with Crippen LogP contribution in [0, 0.1) is 0 Å². The van der Waals surface area contributed by atoms with Crippen LogP contribution in [0.4, 0.5) is 0 Å². The first-order valence-electron chi connectivity index (χ1n) is 4.08. The lowest BCUT2D eigenvalue weighted by Gasteiger charge is -1.89. The predicted molar refractivity (Wildman–Crippen MR) is 61.0 cm³/mol. The lowest BCUT2D eigenvalue weighted by atomic mass is 10.3. The van der Waals surface area contributed by atoms with Crippen molar-refractivity contribution < 1.29 is 26.9 Å². The molecule has 0 aromatic heterocycles. The minimum Gasteiger partial charge on any atom is -1.00 e. The van der Waals surface area contributed by atoms with Crippen LogP contribution in [0.1, 0.15) is 6.92 Å². The number of aliphatic carboxylic acids is 1. The molecule has 6 heteroatoms. The summed E-state index contributed by atoms with van der Waals surface area (Å²) in [5.74, 6) is -0.350. The maximum Gasteiger partial charge on any atom is 0.331 e. The van der Waals surface area contributed by atoms with Gasteiger partial charge in [-0.3, -0.25) is 0 Å². The van der Waals surface area contributed by atoms with Gasteiger partial charge >= 0.3 is 11.1 Å². The van der Waals surface area contributed by atoms with Crippen LogP contribution in [0.15, 0.2) is 24.3 Å². The molecule has 0 bridgehead atoms. The van der Waals surface area contributed by atoms with Gasteiger partial charge in [0.15, 0.2) is 5.75 Å². The van der Waals surface area contributed by atoms with E-state index in [0.29, 0.717) is 23.0 Å². The molecule has 0 radical (unpaired) electrons. The summed E-state index contributed by atoms with van der Waals surface area (Å²) >= 11 is 1.36. The van der Waals surface area contributed by atoms with Gasteiger partial charge in [-0.15, -0.1) is 6.58 Å². The van der Waals surface area contributed by atoms with Crippen LogP contribution in [-0.4, -0.2) is 28.5 Å². The molecule has 0 aliphatic carbocycles. The average Bonchev–Trinajstić information content (AvgIpc) is 2.14. The van der Waals surface area contributed by atoms with Gasteiger partial charge in [0, 0.05) is 12.1 Å². The van der Waals surface area contributed by atoms with Crippen molar-refractivity contribution in [3.05, 3.63) is 24.3 Å². The SMILES string of the molecule is C=CCN/C(N)=[S+]/CC=C(C)C(=O)O.[Br-]. The van der Waals surface area contributed by atoms with Crippen molar-refractivity contribution in [2.24, 2.45) is 5.73 Å². The standard InChI is InChI=1S/C9H14N2O2S.BrH/c1-3-5-11-9(10)14-6-4-7(2)8(12)13;/h3-4,11H,1,5-6,10H2,2H3;1H. The molecule has 0 aliphatic rings. The van der Waals surface area contributed by atoms with Crippen LogP contribution in [0.5, 0.6) is 0 Å². The van der Waals surface area contributed by atoms with Crippen LogP contribution >= 0.6 is 0 Å². The van der Waals surface area contributed by atoms with Gasteiger partial charge in [-0.05, 0) is 13.0 Å². The Morgan fingerprint density at radius 2 is 2.27 bits per heavy atom. The first-order chi connectivity index (χ1) is 6.57. The number of halogens is 1. The van der Waals surface area contributed by atoms with E-state index in [1.54, 1.807) is 19.1 Å². The number of carbonyl (C=O) groups is 1. The summed E-state index contributed by atoms with van der Waals surface area (Å²) in [4.78, 5) is 10.4. The number of hydrogen-bond acceptors (Lipinski definition) is 1. The van der Waals surface area contributed by atoms with E-state index >= 15 is 0 Å². The quantitative estimate of drug-likeness (QED) is 0.218. The first kappa shape index (κ1) is 16.9. The molecule has 0 unspecified atom stereocenters. The van der Waals surface area contributed by atoms with Gasteiger partial charge in [-0.2, -0.15) is 0 Å². The molecule has 0 saturated heterocycles. The van der Waals surface area contributed by atoms with Gasteiger partial charge in [0.05, 0.1) is 0 Å². The van der Waals surface area contributed by atoms with Crippen LogP contribution in [-0.2, 0) is 16.1 Å². The van der Waals surface area contributed by atoms with Crippen LogP contribution in [0.25, 0.3) is 0 Å². The molecule has 0 aromatic carbocycles. The molecule has 4 N–H and O–H groups in total. The average molecular weight is 295 g/mol. The molecular formula is C9H15BrN2O2S. The molecule has 0 saturated carbocycles. The Morgan fingerprint density at radius 3 is 2.73 bits per heavy atom. The second-order valence-corrected chi connectivity index (χ2v) is 3.60. The van der Waals surface area contributed by atoms with Gasteiger partial charge in [0.25, 0.3) is 0 Å². The van der Waals surface area contributed by atoms with Gasteiger partial charge in [0.1, 0.15) is 0 Å². The Bertz CT molecular complexity index is 277. The molecule has 0 amide bonds. The zero-order chi connectivity index (χ0) is 11.0. The first-order valence-corrected chi connectivity index (χ1v) is 5.06. The van der Waals surface area contributed by atoms with Crippen molar-refractivity contribution in [1.29, 1.82) is 0 Å². The largest absolute Gasteiger partial charge is 1.00 e. The Hall–Kier alpha value is -0.560. The number of nitrogens with one attached hydrogen (secondary N) is 1. The molecule has 0 rings (SSSR count). The molecule has 15 heavy (non-hydrogen) atoms. The van der Waals surface area contributed by atoms with Crippen molar-refractivity contribution >= 4 is 22.4 Å². The molecular weight excluding hydrogens is 280 g/mol. The van der Waals surface area contributed by atoms with Crippen molar-refractivity contribution in [3.63, 3.8) is 0 Å². The highest BCUT2D eigenvalue weighted by molar-refractivity contribution is 7.78. The fraction of sp³-hybridized carbons (Fsp3) is 0.333. The van der Waals surface area contributed by atoms with Gasteiger partial charge in [-0.25, -0.2) is 15.8 Å². The predicted octanol–water partition coefficient (Wildman–Crippen LogP) is -3.07. The third-order valence-electron chi connectivity index (χ3n) is 1.39.